The second kappa shape index (κ2) is 39.5. The van der Waals surface area contributed by atoms with Crippen LogP contribution in [0.3, 0.4) is 0 Å². The molecule has 0 aliphatic carbocycles. The largest absolute Gasteiger partial charge is 0.378 e. The molecule has 0 atom stereocenters. The summed E-state index contributed by atoms with van der Waals surface area (Å²) in [5.41, 5.74) is 4.80. The second-order valence-electron chi connectivity index (χ2n) is 10.9. The Hall–Kier alpha value is -2.74. The highest BCUT2D eigenvalue weighted by Crippen LogP contribution is 2.28. The molecule has 21 heteroatoms. The predicted molar refractivity (Wildman–Crippen MR) is 198 cm³/mol. The Morgan fingerprint density at radius 3 is 0.945 bits per heavy atom. The van der Waals surface area contributed by atoms with E-state index in [1.54, 1.807) is 0 Å². The van der Waals surface area contributed by atoms with Crippen LogP contribution in [0.25, 0.3) is 0 Å². The Morgan fingerprint density at radius 1 is 0.418 bits per heavy atom. The van der Waals surface area contributed by atoms with Gasteiger partial charge in [0.1, 0.15) is 5.69 Å². The molecule has 0 spiro atoms. The number of anilines is 1. The van der Waals surface area contributed by atoms with Crippen molar-refractivity contribution in [1.82, 2.24) is 0 Å². The zero-order chi connectivity index (χ0) is 39.7. The molecule has 3 N–H and O–H groups in total. The first-order valence-corrected chi connectivity index (χ1v) is 18.4. The first-order chi connectivity index (χ1) is 27.1. The predicted octanol–water partition coefficient (Wildman–Crippen LogP) is 1.09. The van der Waals surface area contributed by atoms with Crippen molar-refractivity contribution in [3.8, 4) is 0 Å². The first kappa shape index (κ1) is 50.3. The Bertz CT molecular complexity index is 1030. The van der Waals surface area contributed by atoms with E-state index >= 15 is 0 Å². The topological polar surface area (TPSA) is 244 Å². The third kappa shape index (κ3) is 33.1. The van der Waals surface area contributed by atoms with Crippen LogP contribution in [0.4, 0.5) is 17.1 Å². The van der Waals surface area contributed by atoms with Crippen LogP contribution in [0.5, 0.6) is 0 Å². The molecule has 0 bridgehead atoms. The molecule has 0 saturated heterocycles. The third-order valence-corrected chi connectivity index (χ3v) is 6.68. The molecule has 0 saturated carbocycles. The van der Waals surface area contributed by atoms with Gasteiger partial charge in [-0.1, -0.05) is 0 Å². The molecule has 320 valence electrons. The number of nitrogens with two attached hydrogens (primary N) is 1. The lowest BCUT2D eigenvalue weighted by molar-refractivity contribution is -0.393. The average molecular weight is 799 g/mol. The van der Waals surface area contributed by atoms with Crippen molar-refractivity contribution < 1.29 is 71.4 Å². The zero-order valence-corrected chi connectivity index (χ0v) is 31.9. The SMILES string of the molecule is NCCOCCOCCOCCOCCOCCOCCOCCOCCOCCOCCOCCOCCOCCNc1ccc([N+](=O)[O-])cc1[N+](=O)[O-]. The van der Waals surface area contributed by atoms with Gasteiger partial charge in [-0.15, -0.1) is 0 Å². The summed E-state index contributed by atoms with van der Waals surface area (Å²) in [6, 6.07) is 3.42. The third-order valence-electron chi connectivity index (χ3n) is 6.68. The average Bonchev–Trinajstić information content (AvgIpc) is 3.18. The van der Waals surface area contributed by atoms with Crippen LogP contribution in [-0.4, -0.2) is 195 Å². The summed E-state index contributed by atoms with van der Waals surface area (Å²) in [5, 5.41) is 24.8. The molecule has 0 heterocycles. The first-order valence-electron chi connectivity index (χ1n) is 18.4. The molecule has 1 aromatic carbocycles. The standard InChI is InChI=1S/C34H62N4O17/c35-3-5-43-7-9-45-11-13-47-15-17-49-19-21-51-23-25-53-27-29-55-30-28-54-26-24-52-22-20-50-18-16-48-14-12-46-10-8-44-6-4-36-33-2-1-32(37(39)40)31-34(33)38(41)42/h1-2,31,36H,3-30,35H2. The molecule has 55 heavy (non-hydrogen) atoms. The van der Waals surface area contributed by atoms with Crippen molar-refractivity contribution >= 4 is 17.1 Å². The second-order valence-corrected chi connectivity index (χ2v) is 10.9. The smallest absolute Gasteiger partial charge is 0.299 e. The van der Waals surface area contributed by atoms with Gasteiger partial charge in [-0.25, -0.2) is 0 Å². The van der Waals surface area contributed by atoms with E-state index in [4.69, 9.17) is 67.3 Å². The van der Waals surface area contributed by atoms with Gasteiger partial charge >= 0.3 is 0 Å². The fraction of sp³-hybridized carbons (Fsp3) is 0.824. The minimum atomic E-state index is -0.682. The highest BCUT2D eigenvalue weighted by molar-refractivity contribution is 5.65. The maximum Gasteiger partial charge on any atom is 0.299 e. The van der Waals surface area contributed by atoms with Gasteiger partial charge in [0.2, 0.25) is 0 Å². The van der Waals surface area contributed by atoms with Crippen LogP contribution in [0, 0.1) is 20.2 Å². The number of nitro benzene ring substituents is 2. The van der Waals surface area contributed by atoms with Gasteiger partial charge in [0.15, 0.2) is 0 Å². The van der Waals surface area contributed by atoms with Crippen molar-refractivity contribution in [3.05, 3.63) is 38.4 Å². The number of benzene rings is 1. The molecular weight excluding hydrogens is 736 g/mol. The number of nitrogens with zero attached hydrogens (tertiary/aromatic N) is 2. The molecule has 0 unspecified atom stereocenters. The normalized spacial score (nSPS) is 11.4. The lowest BCUT2D eigenvalue weighted by Crippen LogP contribution is -2.16. The van der Waals surface area contributed by atoms with Crippen LogP contribution in [0.2, 0.25) is 0 Å². The van der Waals surface area contributed by atoms with Gasteiger partial charge in [-0.05, 0) is 6.07 Å². The van der Waals surface area contributed by atoms with Gasteiger partial charge in [0.05, 0.1) is 188 Å². The van der Waals surface area contributed by atoms with Crippen LogP contribution < -0.4 is 11.1 Å². The summed E-state index contributed by atoms with van der Waals surface area (Å²) >= 11 is 0. The Balaban J connectivity index is 1.69. The number of hydrogen-bond acceptors (Lipinski definition) is 19. The minimum Gasteiger partial charge on any atom is -0.378 e. The van der Waals surface area contributed by atoms with Crippen molar-refractivity contribution in [3.63, 3.8) is 0 Å². The van der Waals surface area contributed by atoms with Gasteiger partial charge in [0, 0.05) is 19.2 Å². The molecule has 0 amide bonds. The highest BCUT2D eigenvalue weighted by Gasteiger charge is 2.19. The van der Waals surface area contributed by atoms with E-state index in [1.165, 1.54) is 12.1 Å². The number of rotatable bonds is 44. The van der Waals surface area contributed by atoms with E-state index in [0.29, 0.717) is 172 Å². The summed E-state index contributed by atoms with van der Waals surface area (Å²) in [4.78, 5) is 20.6. The van der Waals surface area contributed by atoms with Gasteiger partial charge < -0.3 is 72.6 Å². The summed E-state index contributed by atoms with van der Waals surface area (Å²) in [6.07, 6.45) is 0. The molecular formula is C34H62N4O17. The van der Waals surface area contributed by atoms with Crippen molar-refractivity contribution in [2.75, 3.05) is 190 Å². The zero-order valence-electron chi connectivity index (χ0n) is 31.9. The van der Waals surface area contributed by atoms with E-state index in [-0.39, 0.29) is 30.2 Å². The van der Waals surface area contributed by atoms with Crippen LogP contribution in [-0.2, 0) is 61.6 Å². The fourth-order valence-corrected chi connectivity index (χ4v) is 4.02. The van der Waals surface area contributed by atoms with Crippen molar-refractivity contribution in [2.24, 2.45) is 5.73 Å². The van der Waals surface area contributed by atoms with Gasteiger partial charge in [0.25, 0.3) is 11.4 Å². The Morgan fingerprint density at radius 2 is 0.691 bits per heavy atom. The quantitative estimate of drug-likeness (QED) is 0.0533. The van der Waals surface area contributed by atoms with Crippen molar-refractivity contribution in [2.45, 2.75) is 0 Å². The number of non-ortho nitro benzene ring substituents is 1. The number of hydrogen-bond donors (Lipinski definition) is 2. The molecule has 0 radical (unpaired) electrons. The lowest BCUT2D eigenvalue weighted by Gasteiger charge is -2.09. The van der Waals surface area contributed by atoms with Gasteiger partial charge in [-0.3, -0.25) is 20.2 Å². The fourth-order valence-electron chi connectivity index (χ4n) is 4.02. The molecule has 1 aromatic rings. The Labute approximate surface area is 322 Å². The minimum absolute atomic E-state index is 0.183. The molecule has 21 nitrogen and oxygen atoms in total. The van der Waals surface area contributed by atoms with E-state index in [9.17, 15) is 20.2 Å². The maximum absolute atomic E-state index is 11.2. The van der Waals surface area contributed by atoms with E-state index in [1.807, 2.05) is 0 Å². The van der Waals surface area contributed by atoms with Crippen LogP contribution in [0.1, 0.15) is 0 Å². The summed E-state index contributed by atoms with van der Waals surface area (Å²) in [5.74, 6) is 0. The molecule has 1 rings (SSSR count). The summed E-state index contributed by atoms with van der Waals surface area (Å²) in [6.45, 7) is 12.8. The van der Waals surface area contributed by atoms with Crippen LogP contribution in [0.15, 0.2) is 18.2 Å². The van der Waals surface area contributed by atoms with Crippen LogP contribution >= 0.6 is 0 Å². The summed E-state index contributed by atoms with van der Waals surface area (Å²) < 4.78 is 70.5. The van der Waals surface area contributed by atoms with E-state index in [0.717, 1.165) is 6.07 Å². The maximum atomic E-state index is 11.2. The molecule has 0 aromatic heterocycles. The monoisotopic (exact) mass is 798 g/mol. The molecule has 0 fully saturated rings. The number of nitro groups is 2. The highest BCUT2D eigenvalue weighted by atomic mass is 16.6. The van der Waals surface area contributed by atoms with E-state index < -0.39 is 9.85 Å². The number of ether oxygens (including phenoxy) is 13. The number of nitrogens with one attached hydrogen (secondary N) is 1. The lowest BCUT2D eigenvalue weighted by atomic mass is 10.2. The van der Waals surface area contributed by atoms with Gasteiger partial charge in [-0.2, -0.15) is 0 Å². The van der Waals surface area contributed by atoms with Crippen molar-refractivity contribution in [1.29, 1.82) is 0 Å². The molecule has 0 aliphatic heterocycles. The summed E-state index contributed by atoms with van der Waals surface area (Å²) in [7, 11) is 0. The Kier molecular flexibility index (Phi) is 36.1. The molecule has 0 aliphatic rings. The van der Waals surface area contributed by atoms with E-state index in [2.05, 4.69) is 5.32 Å².